The van der Waals surface area contributed by atoms with Gasteiger partial charge >= 0.3 is 0 Å². The van der Waals surface area contributed by atoms with Crippen molar-refractivity contribution in [1.29, 1.82) is 0 Å². The van der Waals surface area contributed by atoms with Gasteiger partial charge in [-0.1, -0.05) is 18.2 Å². The second-order valence-corrected chi connectivity index (χ2v) is 6.79. The second-order valence-electron chi connectivity index (χ2n) is 6.79. The molecule has 4 rings (SSSR count). The third-order valence-electron chi connectivity index (χ3n) is 4.81. The standard InChI is InChI=1S/C21H23FN4O/c22-19-3-4-20(24-13-19)15-27-21-7-10-26(25-14-21)9-6-16-1-2-17-5-8-23-12-18(17)11-16/h1-4,7,10-11,13-14,21,23H,5-6,8-9,12,15H2. The van der Waals surface area contributed by atoms with E-state index in [0.717, 1.165) is 32.5 Å². The maximum Gasteiger partial charge on any atom is 0.141 e. The monoisotopic (exact) mass is 366 g/mol. The summed E-state index contributed by atoms with van der Waals surface area (Å²) >= 11 is 0. The van der Waals surface area contributed by atoms with Crippen LogP contribution in [0.5, 0.6) is 0 Å². The highest BCUT2D eigenvalue weighted by Gasteiger charge is 2.11. The molecule has 1 atom stereocenters. The van der Waals surface area contributed by atoms with Crippen LogP contribution in [0.15, 0.2) is 53.9 Å². The molecule has 27 heavy (non-hydrogen) atoms. The van der Waals surface area contributed by atoms with E-state index < -0.39 is 0 Å². The zero-order valence-electron chi connectivity index (χ0n) is 15.1. The fourth-order valence-corrected chi connectivity index (χ4v) is 3.26. The van der Waals surface area contributed by atoms with Crippen molar-refractivity contribution in [2.24, 2.45) is 5.10 Å². The van der Waals surface area contributed by atoms with Gasteiger partial charge in [0.1, 0.15) is 11.9 Å². The number of halogens is 1. The number of hydrogen-bond acceptors (Lipinski definition) is 5. The molecule has 1 unspecified atom stereocenters. The number of ether oxygens (including phenoxy) is 1. The molecule has 2 aliphatic rings. The molecule has 1 N–H and O–H groups in total. The van der Waals surface area contributed by atoms with Crippen molar-refractivity contribution in [2.45, 2.75) is 32.1 Å². The van der Waals surface area contributed by atoms with E-state index >= 15 is 0 Å². The molecule has 6 heteroatoms. The van der Waals surface area contributed by atoms with E-state index in [0.29, 0.717) is 12.3 Å². The summed E-state index contributed by atoms with van der Waals surface area (Å²) in [5.74, 6) is -0.344. The smallest absolute Gasteiger partial charge is 0.141 e. The van der Waals surface area contributed by atoms with Gasteiger partial charge in [-0.15, -0.1) is 0 Å². The molecular formula is C21H23FN4O. The zero-order valence-corrected chi connectivity index (χ0v) is 15.1. The molecule has 0 fully saturated rings. The molecule has 140 valence electrons. The van der Waals surface area contributed by atoms with E-state index in [2.05, 4.69) is 33.6 Å². The van der Waals surface area contributed by atoms with Crippen LogP contribution in [-0.4, -0.2) is 35.4 Å². The van der Waals surface area contributed by atoms with Crippen LogP contribution in [-0.2, 0) is 30.7 Å². The van der Waals surface area contributed by atoms with E-state index in [1.165, 1.54) is 29.0 Å². The van der Waals surface area contributed by atoms with Crippen molar-refractivity contribution >= 4 is 6.21 Å². The largest absolute Gasteiger partial charge is 0.362 e. The zero-order chi connectivity index (χ0) is 18.5. The molecule has 2 aliphatic heterocycles. The third-order valence-corrected chi connectivity index (χ3v) is 4.81. The SMILES string of the molecule is Fc1ccc(COC2C=CN(CCc3ccc4c(c3)CNCC4)N=C2)nc1. The number of rotatable bonds is 6. The Bertz CT molecular complexity index is 821. The Hall–Kier alpha value is -2.57. The van der Waals surface area contributed by atoms with Gasteiger partial charge in [-0.05, 0) is 54.3 Å². The average Bonchev–Trinajstić information content (AvgIpc) is 2.72. The van der Waals surface area contributed by atoms with E-state index in [4.69, 9.17) is 4.74 Å². The van der Waals surface area contributed by atoms with Crippen molar-refractivity contribution in [3.8, 4) is 0 Å². The predicted octanol–water partition coefficient (Wildman–Crippen LogP) is 2.81. The van der Waals surface area contributed by atoms with Crippen LogP contribution < -0.4 is 5.32 Å². The Morgan fingerprint density at radius 2 is 2.19 bits per heavy atom. The van der Waals surface area contributed by atoms with Crippen molar-refractivity contribution in [2.75, 3.05) is 13.1 Å². The molecule has 0 spiro atoms. The van der Waals surface area contributed by atoms with Crippen LogP contribution in [0.25, 0.3) is 0 Å². The second kappa shape index (κ2) is 8.41. The van der Waals surface area contributed by atoms with Gasteiger partial charge in [-0.2, -0.15) is 5.10 Å². The molecule has 2 aromatic rings. The van der Waals surface area contributed by atoms with E-state index in [1.54, 1.807) is 12.3 Å². The number of hydrogen-bond donors (Lipinski definition) is 1. The molecule has 5 nitrogen and oxygen atoms in total. The van der Waals surface area contributed by atoms with E-state index in [-0.39, 0.29) is 11.9 Å². The minimum atomic E-state index is -0.344. The Kier molecular flexibility index (Phi) is 5.55. The Labute approximate surface area is 158 Å². The number of nitrogens with zero attached hydrogens (tertiary/aromatic N) is 3. The van der Waals surface area contributed by atoms with Gasteiger partial charge < -0.3 is 10.1 Å². The summed E-state index contributed by atoms with van der Waals surface area (Å²) in [7, 11) is 0. The lowest BCUT2D eigenvalue weighted by Gasteiger charge is -2.21. The average molecular weight is 366 g/mol. The van der Waals surface area contributed by atoms with Crippen molar-refractivity contribution in [3.05, 3.63) is 77.0 Å². The highest BCUT2D eigenvalue weighted by atomic mass is 19.1. The van der Waals surface area contributed by atoms with Gasteiger partial charge in [0, 0.05) is 19.3 Å². The normalized spacial score (nSPS) is 18.6. The first-order valence-corrected chi connectivity index (χ1v) is 9.29. The fraction of sp³-hybridized carbons (Fsp3) is 0.333. The van der Waals surface area contributed by atoms with E-state index in [1.807, 2.05) is 17.3 Å². The Morgan fingerprint density at radius 1 is 1.22 bits per heavy atom. The molecule has 0 saturated carbocycles. The minimum Gasteiger partial charge on any atom is -0.362 e. The van der Waals surface area contributed by atoms with Crippen LogP contribution in [0.2, 0.25) is 0 Å². The molecule has 3 heterocycles. The van der Waals surface area contributed by atoms with Crippen molar-refractivity contribution < 1.29 is 9.13 Å². The molecule has 0 bridgehead atoms. The lowest BCUT2D eigenvalue weighted by Crippen LogP contribution is -2.24. The summed E-state index contributed by atoms with van der Waals surface area (Å²) < 4.78 is 18.6. The first-order chi connectivity index (χ1) is 13.3. The third kappa shape index (κ3) is 4.78. The van der Waals surface area contributed by atoms with Crippen LogP contribution >= 0.6 is 0 Å². The quantitative estimate of drug-likeness (QED) is 0.854. The van der Waals surface area contributed by atoms with Gasteiger partial charge in [-0.3, -0.25) is 9.99 Å². The molecule has 1 aromatic carbocycles. The molecule has 0 radical (unpaired) electrons. The Morgan fingerprint density at radius 3 is 3.00 bits per heavy atom. The summed E-state index contributed by atoms with van der Waals surface area (Å²) in [5.41, 5.74) is 4.91. The summed E-state index contributed by atoms with van der Waals surface area (Å²) in [5, 5.41) is 9.79. The summed E-state index contributed by atoms with van der Waals surface area (Å²) in [6, 6.07) is 9.80. The minimum absolute atomic E-state index is 0.192. The number of nitrogens with one attached hydrogen (secondary N) is 1. The van der Waals surface area contributed by atoms with Crippen molar-refractivity contribution in [3.63, 3.8) is 0 Å². The number of fused-ring (bicyclic) bond motifs is 1. The van der Waals surface area contributed by atoms with Crippen LogP contribution in [0.4, 0.5) is 4.39 Å². The molecular weight excluding hydrogens is 343 g/mol. The summed E-state index contributed by atoms with van der Waals surface area (Å²) in [4.78, 5) is 3.99. The number of aromatic nitrogens is 1. The van der Waals surface area contributed by atoms with Crippen LogP contribution in [0.1, 0.15) is 22.4 Å². The molecule has 0 amide bonds. The van der Waals surface area contributed by atoms with Gasteiger partial charge in [0.15, 0.2) is 0 Å². The molecule has 0 saturated heterocycles. The van der Waals surface area contributed by atoms with Gasteiger partial charge in [-0.25, -0.2) is 4.39 Å². The maximum atomic E-state index is 12.9. The highest BCUT2D eigenvalue weighted by molar-refractivity contribution is 5.66. The fourth-order valence-electron chi connectivity index (χ4n) is 3.26. The highest BCUT2D eigenvalue weighted by Crippen LogP contribution is 2.17. The Balaban J connectivity index is 1.24. The summed E-state index contributed by atoms with van der Waals surface area (Å²) in [6.07, 6.45) is 8.75. The maximum absolute atomic E-state index is 12.9. The number of benzene rings is 1. The number of pyridine rings is 1. The van der Waals surface area contributed by atoms with Crippen LogP contribution in [0, 0.1) is 5.82 Å². The molecule has 1 aromatic heterocycles. The molecule has 0 aliphatic carbocycles. The van der Waals surface area contributed by atoms with Crippen LogP contribution in [0.3, 0.4) is 0 Å². The van der Waals surface area contributed by atoms with Crippen molar-refractivity contribution in [1.82, 2.24) is 15.3 Å². The van der Waals surface area contributed by atoms with Gasteiger partial charge in [0.25, 0.3) is 0 Å². The lowest BCUT2D eigenvalue weighted by atomic mass is 9.97. The van der Waals surface area contributed by atoms with E-state index in [9.17, 15) is 4.39 Å². The predicted molar refractivity (Wildman–Crippen MR) is 103 cm³/mol. The van der Waals surface area contributed by atoms with Gasteiger partial charge in [0.05, 0.1) is 24.7 Å². The lowest BCUT2D eigenvalue weighted by molar-refractivity contribution is 0.109. The first-order valence-electron chi connectivity index (χ1n) is 9.29. The topological polar surface area (TPSA) is 49.8 Å². The van der Waals surface area contributed by atoms with Gasteiger partial charge in [0.2, 0.25) is 0 Å². The number of hydrazone groups is 1. The summed E-state index contributed by atoms with van der Waals surface area (Å²) in [6.45, 7) is 3.18. The first kappa shape index (κ1) is 17.8.